The van der Waals surface area contributed by atoms with Gasteiger partial charge in [-0.1, -0.05) is 42.5 Å². The maximum Gasteiger partial charge on any atom is 0.307 e. The van der Waals surface area contributed by atoms with Gasteiger partial charge in [0.1, 0.15) is 0 Å². The van der Waals surface area contributed by atoms with E-state index in [4.69, 9.17) is 5.11 Å². The minimum absolute atomic E-state index is 0.0361. The molecule has 3 aromatic carbocycles. The lowest BCUT2D eigenvalue weighted by atomic mass is 10.1. The van der Waals surface area contributed by atoms with Gasteiger partial charge in [0.15, 0.2) is 0 Å². The first-order valence-corrected chi connectivity index (χ1v) is 9.62. The van der Waals surface area contributed by atoms with Crippen molar-refractivity contribution in [3.63, 3.8) is 0 Å². The number of carboxylic acid groups (broad SMARTS) is 1. The van der Waals surface area contributed by atoms with Gasteiger partial charge in [0.2, 0.25) is 0 Å². The van der Waals surface area contributed by atoms with E-state index in [9.17, 15) is 9.59 Å². The molecular weight excluding hydrogens is 378 g/mol. The number of fused-ring (bicyclic) bond motifs is 1. The van der Waals surface area contributed by atoms with Gasteiger partial charge in [0, 0.05) is 22.5 Å². The van der Waals surface area contributed by atoms with Crippen molar-refractivity contribution in [3.05, 3.63) is 95.3 Å². The van der Waals surface area contributed by atoms with Crippen LogP contribution in [-0.4, -0.2) is 26.8 Å². The zero-order valence-electron chi connectivity index (χ0n) is 16.5. The molecule has 0 bridgehead atoms. The van der Waals surface area contributed by atoms with Gasteiger partial charge in [-0.3, -0.25) is 14.3 Å². The van der Waals surface area contributed by atoms with Gasteiger partial charge in [0.05, 0.1) is 19.2 Å². The van der Waals surface area contributed by atoms with E-state index >= 15 is 0 Å². The van der Waals surface area contributed by atoms with E-state index in [-0.39, 0.29) is 12.3 Å². The van der Waals surface area contributed by atoms with Crippen LogP contribution in [0.25, 0.3) is 10.8 Å². The van der Waals surface area contributed by atoms with Crippen LogP contribution in [0.15, 0.2) is 72.9 Å². The number of aliphatic carboxylic acids is 1. The first-order valence-electron chi connectivity index (χ1n) is 9.62. The molecule has 0 spiro atoms. The number of amides is 1. The Morgan fingerprint density at radius 1 is 1.00 bits per heavy atom. The third-order valence-corrected chi connectivity index (χ3v) is 5.10. The van der Waals surface area contributed by atoms with Crippen LogP contribution >= 0.6 is 0 Å². The molecule has 30 heavy (non-hydrogen) atoms. The summed E-state index contributed by atoms with van der Waals surface area (Å²) >= 11 is 0. The Hall–Kier alpha value is -3.93. The lowest BCUT2D eigenvalue weighted by Gasteiger charge is -2.09. The topological polar surface area (TPSA) is 84.2 Å². The summed E-state index contributed by atoms with van der Waals surface area (Å²) in [7, 11) is 0. The van der Waals surface area contributed by atoms with E-state index in [1.807, 2.05) is 73.7 Å². The third kappa shape index (κ3) is 4.22. The number of rotatable bonds is 6. The fourth-order valence-corrected chi connectivity index (χ4v) is 3.38. The van der Waals surface area contributed by atoms with Gasteiger partial charge in [-0.05, 0) is 47.5 Å². The molecule has 0 saturated carbocycles. The molecular formula is C24H21N3O3. The first-order chi connectivity index (χ1) is 14.5. The average Bonchev–Trinajstić information content (AvgIpc) is 3.07. The second-order valence-electron chi connectivity index (χ2n) is 7.20. The second kappa shape index (κ2) is 8.21. The highest BCUT2D eigenvalue weighted by atomic mass is 16.4. The molecule has 6 nitrogen and oxygen atoms in total. The van der Waals surface area contributed by atoms with E-state index in [1.54, 1.807) is 10.9 Å². The van der Waals surface area contributed by atoms with Crippen molar-refractivity contribution < 1.29 is 14.7 Å². The minimum atomic E-state index is -0.871. The molecule has 1 aromatic heterocycles. The highest BCUT2D eigenvalue weighted by Crippen LogP contribution is 2.18. The van der Waals surface area contributed by atoms with Crippen LogP contribution in [0.2, 0.25) is 0 Å². The average molecular weight is 399 g/mol. The molecule has 0 aliphatic carbocycles. The largest absolute Gasteiger partial charge is 0.481 e. The Bertz CT molecular complexity index is 1230. The van der Waals surface area contributed by atoms with Crippen molar-refractivity contribution in [1.82, 2.24) is 9.78 Å². The molecule has 1 amide bonds. The van der Waals surface area contributed by atoms with Crippen molar-refractivity contribution in [1.29, 1.82) is 0 Å². The number of nitrogens with one attached hydrogen (secondary N) is 1. The van der Waals surface area contributed by atoms with Gasteiger partial charge < -0.3 is 10.4 Å². The molecule has 0 fully saturated rings. The summed E-state index contributed by atoms with van der Waals surface area (Å²) in [5.74, 6) is -1.03. The van der Waals surface area contributed by atoms with E-state index < -0.39 is 5.97 Å². The van der Waals surface area contributed by atoms with E-state index in [0.29, 0.717) is 23.4 Å². The zero-order chi connectivity index (χ0) is 21.1. The molecule has 0 aliphatic heterocycles. The number of benzene rings is 3. The maximum absolute atomic E-state index is 12.6. The summed E-state index contributed by atoms with van der Waals surface area (Å²) in [6.45, 7) is 2.40. The molecule has 0 aliphatic rings. The molecule has 2 N–H and O–H groups in total. The summed E-state index contributed by atoms with van der Waals surface area (Å²) < 4.78 is 1.78. The number of anilines is 1. The molecule has 4 aromatic rings. The van der Waals surface area contributed by atoms with E-state index in [0.717, 1.165) is 22.0 Å². The Morgan fingerprint density at radius 3 is 2.47 bits per heavy atom. The number of hydrogen-bond donors (Lipinski definition) is 2. The van der Waals surface area contributed by atoms with Crippen molar-refractivity contribution >= 4 is 28.3 Å². The number of hydrogen-bond acceptors (Lipinski definition) is 3. The SMILES string of the molecule is Cc1c(CC(=O)O)cnn1Cc1ccc(NC(=O)c2ccc3ccccc3c2)cc1. The second-order valence-corrected chi connectivity index (χ2v) is 7.20. The molecule has 6 heteroatoms. The first kappa shape index (κ1) is 19.4. The van der Waals surface area contributed by atoms with Gasteiger partial charge in [-0.15, -0.1) is 0 Å². The van der Waals surface area contributed by atoms with Crippen LogP contribution in [0, 0.1) is 6.92 Å². The predicted molar refractivity (Wildman–Crippen MR) is 116 cm³/mol. The third-order valence-electron chi connectivity index (χ3n) is 5.10. The van der Waals surface area contributed by atoms with Crippen LogP contribution in [-0.2, 0) is 17.8 Å². The smallest absolute Gasteiger partial charge is 0.307 e. The van der Waals surface area contributed by atoms with Gasteiger partial charge >= 0.3 is 5.97 Å². The lowest BCUT2D eigenvalue weighted by Crippen LogP contribution is -2.12. The highest BCUT2D eigenvalue weighted by Gasteiger charge is 2.11. The fourth-order valence-electron chi connectivity index (χ4n) is 3.38. The summed E-state index contributed by atoms with van der Waals surface area (Å²) in [4.78, 5) is 23.5. The van der Waals surface area contributed by atoms with Crippen LogP contribution in [0.5, 0.6) is 0 Å². The summed E-state index contributed by atoms with van der Waals surface area (Å²) in [5.41, 5.74) is 3.87. The van der Waals surface area contributed by atoms with Crippen molar-refractivity contribution in [2.24, 2.45) is 0 Å². The van der Waals surface area contributed by atoms with Gasteiger partial charge in [0.25, 0.3) is 5.91 Å². The molecule has 0 atom stereocenters. The van der Waals surface area contributed by atoms with Crippen molar-refractivity contribution in [2.75, 3.05) is 5.32 Å². The number of aromatic nitrogens is 2. The monoisotopic (exact) mass is 399 g/mol. The Labute approximate surface area is 173 Å². The van der Waals surface area contributed by atoms with E-state index in [1.165, 1.54) is 0 Å². The molecule has 0 saturated heterocycles. The predicted octanol–water partition coefficient (Wildman–Crippen LogP) is 4.27. The normalized spacial score (nSPS) is 10.8. The van der Waals surface area contributed by atoms with Crippen LogP contribution in [0.3, 0.4) is 0 Å². The quantitative estimate of drug-likeness (QED) is 0.507. The Kier molecular flexibility index (Phi) is 5.30. The Balaban J connectivity index is 1.43. The van der Waals surface area contributed by atoms with Crippen LogP contribution < -0.4 is 5.32 Å². The fraction of sp³-hybridized carbons (Fsp3) is 0.125. The number of carboxylic acids is 1. The zero-order valence-corrected chi connectivity index (χ0v) is 16.5. The number of nitrogens with zero attached hydrogens (tertiary/aromatic N) is 2. The molecule has 4 rings (SSSR count). The number of carbonyl (C=O) groups excluding carboxylic acids is 1. The van der Waals surface area contributed by atoms with Crippen LogP contribution in [0.4, 0.5) is 5.69 Å². The van der Waals surface area contributed by atoms with Crippen LogP contribution in [0.1, 0.15) is 27.2 Å². The number of carbonyl (C=O) groups is 2. The molecule has 0 unspecified atom stereocenters. The van der Waals surface area contributed by atoms with Crippen molar-refractivity contribution in [2.45, 2.75) is 19.9 Å². The molecule has 0 radical (unpaired) electrons. The lowest BCUT2D eigenvalue weighted by molar-refractivity contribution is -0.136. The van der Waals surface area contributed by atoms with Crippen molar-refractivity contribution in [3.8, 4) is 0 Å². The summed E-state index contributed by atoms with van der Waals surface area (Å²) in [5, 5.41) is 18.3. The van der Waals surface area contributed by atoms with E-state index in [2.05, 4.69) is 10.4 Å². The maximum atomic E-state index is 12.6. The summed E-state index contributed by atoms with van der Waals surface area (Å²) in [6, 6.07) is 21.1. The van der Waals surface area contributed by atoms with Gasteiger partial charge in [-0.2, -0.15) is 5.10 Å². The summed E-state index contributed by atoms with van der Waals surface area (Å²) in [6.07, 6.45) is 1.56. The van der Waals surface area contributed by atoms with Gasteiger partial charge in [-0.25, -0.2) is 0 Å². The molecule has 150 valence electrons. The molecule has 1 heterocycles. The minimum Gasteiger partial charge on any atom is -0.481 e. The standard InChI is InChI=1S/C24H21N3O3/c1-16-21(13-23(28)29)14-25-27(16)15-17-6-10-22(11-7-17)26-24(30)20-9-8-18-4-2-3-5-19(18)12-20/h2-12,14H,13,15H2,1H3,(H,26,30)(H,28,29). The highest BCUT2D eigenvalue weighted by molar-refractivity contribution is 6.06. The Morgan fingerprint density at radius 2 is 1.73 bits per heavy atom.